The first-order valence-electron chi connectivity index (χ1n) is 39.4. The van der Waals surface area contributed by atoms with Gasteiger partial charge in [-0.25, -0.2) is 0 Å². The molecule has 0 bridgehead atoms. The molecule has 0 aromatic rings. The minimum atomic E-state index is -0.661. The number of aliphatic hydroxyl groups is 2. The van der Waals surface area contributed by atoms with Gasteiger partial charge in [0.25, 0.3) is 0 Å². The van der Waals surface area contributed by atoms with Crippen LogP contribution in [0.2, 0.25) is 0 Å². The van der Waals surface area contributed by atoms with Gasteiger partial charge in [-0.05, 0) is 51.4 Å². The number of unbranched alkanes of at least 4 members (excludes halogenated alkanes) is 62. The van der Waals surface area contributed by atoms with Crippen LogP contribution >= 0.6 is 0 Å². The van der Waals surface area contributed by atoms with Gasteiger partial charge < -0.3 is 20.3 Å². The average Bonchev–Trinajstić information content (AvgIpc) is 3.51. The van der Waals surface area contributed by atoms with E-state index in [2.05, 4.69) is 31.3 Å². The Hall–Kier alpha value is -1.40. The Morgan fingerprint density at radius 1 is 0.318 bits per heavy atom. The number of rotatable bonds is 75. The SMILES string of the molecule is CCCCCCCCC/C=C\CCCCCCCC(=O)OCCCCCCCCCCCCCCCCCCCCCCCCCCCCCCCCCCC(=O)NC(CO)C(O)CCCCCCCCCCCCCCCCCCCCCC. The summed E-state index contributed by atoms with van der Waals surface area (Å²) in [5.74, 6) is -0.00998. The first kappa shape index (κ1) is 83.6. The molecular weight excluding hydrogens is 1040 g/mol. The molecule has 0 saturated heterocycles. The fraction of sp³-hybridized carbons (Fsp3) is 0.949. The van der Waals surface area contributed by atoms with E-state index in [-0.39, 0.29) is 18.5 Å². The lowest BCUT2D eigenvalue weighted by atomic mass is 10.0. The van der Waals surface area contributed by atoms with Crippen LogP contribution in [0, 0.1) is 0 Å². The van der Waals surface area contributed by atoms with Crippen molar-refractivity contribution in [1.82, 2.24) is 5.32 Å². The molecule has 0 aliphatic rings. The lowest BCUT2D eigenvalue weighted by Gasteiger charge is -2.22. The number of ether oxygens (including phenoxy) is 1. The Morgan fingerprint density at radius 3 is 0.835 bits per heavy atom. The average molecular weight is 1200 g/mol. The minimum absolute atomic E-state index is 0.0151. The van der Waals surface area contributed by atoms with E-state index in [0.717, 1.165) is 44.9 Å². The molecule has 0 aliphatic carbocycles. The zero-order chi connectivity index (χ0) is 61.3. The standard InChI is InChI=1S/C79H155NO5/c1-3-5-7-9-11-13-15-17-19-21-22-37-40-43-47-51-55-59-63-67-71-77(82)76(75-81)80-78(83)72-68-64-60-56-52-48-44-41-38-35-33-31-29-27-25-23-24-26-28-30-32-34-36-39-42-46-50-54-58-62-66-70-74-85-79(84)73-69-65-61-57-53-49-45-20-18-16-14-12-10-8-6-4-2/h20,45,76-77,81-82H,3-19,21-44,46-75H2,1-2H3,(H,80,83)/b45-20-. The van der Waals surface area contributed by atoms with Crippen molar-refractivity contribution < 1.29 is 24.5 Å². The Bertz CT molecular complexity index is 1290. The van der Waals surface area contributed by atoms with E-state index in [0.29, 0.717) is 25.9 Å². The van der Waals surface area contributed by atoms with Crippen LogP contribution in [0.4, 0.5) is 0 Å². The first-order valence-corrected chi connectivity index (χ1v) is 39.4. The highest BCUT2D eigenvalue weighted by molar-refractivity contribution is 5.76. The first-order chi connectivity index (χ1) is 42.0. The van der Waals surface area contributed by atoms with Crippen LogP contribution < -0.4 is 5.32 Å². The lowest BCUT2D eigenvalue weighted by molar-refractivity contribution is -0.143. The fourth-order valence-electron chi connectivity index (χ4n) is 12.8. The molecule has 0 radical (unpaired) electrons. The Kier molecular flexibility index (Phi) is 73.8. The summed E-state index contributed by atoms with van der Waals surface area (Å²) in [5, 5.41) is 23.4. The van der Waals surface area contributed by atoms with Crippen LogP contribution in [-0.4, -0.2) is 47.4 Å². The van der Waals surface area contributed by atoms with Gasteiger partial charge in [0.2, 0.25) is 5.91 Å². The third-order valence-electron chi connectivity index (χ3n) is 18.8. The lowest BCUT2D eigenvalue weighted by Crippen LogP contribution is -2.45. The molecule has 0 fully saturated rings. The molecule has 0 heterocycles. The summed E-state index contributed by atoms with van der Waals surface area (Å²) in [4.78, 5) is 24.7. The number of amides is 1. The van der Waals surface area contributed by atoms with Crippen molar-refractivity contribution in [3.8, 4) is 0 Å². The van der Waals surface area contributed by atoms with Crippen molar-refractivity contribution in [2.24, 2.45) is 0 Å². The van der Waals surface area contributed by atoms with Crippen LogP contribution in [0.25, 0.3) is 0 Å². The predicted octanol–water partition coefficient (Wildman–Crippen LogP) is 25.9. The monoisotopic (exact) mass is 1200 g/mol. The molecule has 1 amide bonds. The molecule has 0 rings (SSSR count). The second-order valence-corrected chi connectivity index (χ2v) is 27.4. The highest BCUT2D eigenvalue weighted by Crippen LogP contribution is 2.20. The van der Waals surface area contributed by atoms with Crippen molar-refractivity contribution in [3.05, 3.63) is 12.2 Å². The molecule has 6 nitrogen and oxygen atoms in total. The van der Waals surface area contributed by atoms with Crippen LogP contribution in [0.15, 0.2) is 12.2 Å². The summed E-state index contributed by atoms with van der Waals surface area (Å²) < 4.78 is 5.50. The number of esters is 1. The van der Waals surface area contributed by atoms with Gasteiger partial charge in [0.15, 0.2) is 0 Å². The van der Waals surface area contributed by atoms with E-state index in [1.54, 1.807) is 0 Å². The summed E-state index contributed by atoms with van der Waals surface area (Å²) in [6, 6.07) is -0.538. The molecule has 2 atom stereocenters. The molecule has 506 valence electrons. The van der Waals surface area contributed by atoms with Gasteiger partial charge in [0, 0.05) is 12.8 Å². The predicted molar refractivity (Wildman–Crippen MR) is 375 cm³/mol. The van der Waals surface area contributed by atoms with Crippen molar-refractivity contribution in [2.45, 2.75) is 469 Å². The Labute approximate surface area is 533 Å². The summed E-state index contributed by atoms with van der Waals surface area (Å²) in [7, 11) is 0. The van der Waals surface area contributed by atoms with Crippen LogP contribution in [0.1, 0.15) is 457 Å². The molecule has 0 aromatic carbocycles. The molecule has 0 aliphatic heterocycles. The number of hydrogen-bond donors (Lipinski definition) is 3. The quantitative estimate of drug-likeness (QED) is 0.0320. The third kappa shape index (κ3) is 71.6. The molecule has 0 saturated carbocycles. The largest absolute Gasteiger partial charge is 0.466 e. The van der Waals surface area contributed by atoms with E-state index in [1.165, 1.54) is 379 Å². The zero-order valence-corrected chi connectivity index (χ0v) is 58.1. The highest BCUT2D eigenvalue weighted by atomic mass is 16.5. The number of carbonyl (C=O) groups excluding carboxylic acids is 2. The molecule has 3 N–H and O–H groups in total. The summed E-state index contributed by atoms with van der Waals surface area (Å²) in [6.07, 6.45) is 94.4. The Morgan fingerprint density at radius 2 is 0.553 bits per heavy atom. The van der Waals surface area contributed by atoms with E-state index in [4.69, 9.17) is 4.74 Å². The minimum Gasteiger partial charge on any atom is -0.466 e. The number of aliphatic hydroxyl groups excluding tert-OH is 2. The second kappa shape index (κ2) is 75.1. The van der Waals surface area contributed by atoms with Gasteiger partial charge >= 0.3 is 5.97 Å². The van der Waals surface area contributed by atoms with E-state index >= 15 is 0 Å². The third-order valence-corrected chi connectivity index (χ3v) is 18.8. The van der Waals surface area contributed by atoms with Crippen LogP contribution in [-0.2, 0) is 14.3 Å². The second-order valence-electron chi connectivity index (χ2n) is 27.4. The van der Waals surface area contributed by atoms with Crippen molar-refractivity contribution >= 4 is 11.9 Å². The van der Waals surface area contributed by atoms with Crippen LogP contribution in [0.5, 0.6) is 0 Å². The molecule has 2 unspecified atom stereocenters. The number of carbonyl (C=O) groups is 2. The van der Waals surface area contributed by atoms with Crippen molar-refractivity contribution in [2.75, 3.05) is 13.2 Å². The number of nitrogens with one attached hydrogen (secondary N) is 1. The Balaban J connectivity index is 3.32. The summed E-state index contributed by atoms with van der Waals surface area (Å²) >= 11 is 0. The van der Waals surface area contributed by atoms with E-state index < -0.39 is 12.1 Å². The van der Waals surface area contributed by atoms with E-state index in [9.17, 15) is 19.8 Å². The molecule has 85 heavy (non-hydrogen) atoms. The maximum atomic E-state index is 12.6. The number of allylic oxidation sites excluding steroid dienone is 2. The van der Waals surface area contributed by atoms with Gasteiger partial charge in [-0.15, -0.1) is 0 Å². The molecule has 6 heteroatoms. The van der Waals surface area contributed by atoms with Crippen molar-refractivity contribution in [3.63, 3.8) is 0 Å². The van der Waals surface area contributed by atoms with E-state index in [1.807, 2.05) is 0 Å². The van der Waals surface area contributed by atoms with Gasteiger partial charge in [-0.2, -0.15) is 0 Å². The molecule has 0 spiro atoms. The van der Waals surface area contributed by atoms with Crippen molar-refractivity contribution in [1.29, 1.82) is 0 Å². The van der Waals surface area contributed by atoms with Gasteiger partial charge in [-0.3, -0.25) is 9.59 Å². The zero-order valence-electron chi connectivity index (χ0n) is 58.1. The van der Waals surface area contributed by atoms with Gasteiger partial charge in [0.05, 0.1) is 25.4 Å². The smallest absolute Gasteiger partial charge is 0.305 e. The fourth-order valence-corrected chi connectivity index (χ4v) is 12.8. The maximum Gasteiger partial charge on any atom is 0.305 e. The topological polar surface area (TPSA) is 95.9 Å². The molecule has 0 aromatic heterocycles. The van der Waals surface area contributed by atoms with Gasteiger partial charge in [0.1, 0.15) is 0 Å². The highest BCUT2D eigenvalue weighted by Gasteiger charge is 2.20. The maximum absolute atomic E-state index is 12.6. The summed E-state index contributed by atoms with van der Waals surface area (Å²) in [5.41, 5.74) is 0. The molecular formula is C79H155NO5. The summed E-state index contributed by atoms with van der Waals surface area (Å²) in [6.45, 7) is 5.00. The normalized spacial score (nSPS) is 12.5. The van der Waals surface area contributed by atoms with Crippen LogP contribution in [0.3, 0.4) is 0 Å². The van der Waals surface area contributed by atoms with Gasteiger partial charge in [-0.1, -0.05) is 405 Å². The number of hydrogen-bond acceptors (Lipinski definition) is 5.